The van der Waals surface area contributed by atoms with E-state index in [1.807, 2.05) is 19.9 Å². The van der Waals surface area contributed by atoms with Crippen molar-refractivity contribution in [2.45, 2.75) is 32.4 Å². The standard InChI is InChI=1S/C15H22ClNO4/c1-4-10-17(14(18)19)15(5-2,21-11-20-3)12-8-6-7-9-13(12)16/h6-9H,4-5,10-11H2,1-3H3,(H,18,19)/t15-/m1/s1. The third-order valence-electron chi connectivity index (χ3n) is 3.30. The minimum Gasteiger partial charge on any atom is -0.465 e. The molecule has 0 aliphatic heterocycles. The first-order valence-electron chi connectivity index (χ1n) is 6.91. The first-order valence-corrected chi connectivity index (χ1v) is 7.29. The highest BCUT2D eigenvalue weighted by Gasteiger charge is 2.42. The SMILES string of the molecule is CCCN(C(=O)O)[C@](CC)(OCOC)c1ccccc1Cl. The summed E-state index contributed by atoms with van der Waals surface area (Å²) in [6, 6.07) is 7.12. The smallest absolute Gasteiger partial charge is 0.409 e. The van der Waals surface area contributed by atoms with Gasteiger partial charge in [0.2, 0.25) is 0 Å². The Labute approximate surface area is 130 Å². The van der Waals surface area contributed by atoms with E-state index < -0.39 is 11.8 Å². The number of benzene rings is 1. The average Bonchev–Trinajstić information content (AvgIpc) is 2.48. The van der Waals surface area contributed by atoms with Crippen LogP contribution in [0.2, 0.25) is 5.02 Å². The van der Waals surface area contributed by atoms with Crippen LogP contribution in [0.15, 0.2) is 24.3 Å². The first-order chi connectivity index (χ1) is 10.0. The molecule has 1 atom stereocenters. The molecular weight excluding hydrogens is 294 g/mol. The largest absolute Gasteiger partial charge is 0.465 e. The molecule has 0 aliphatic carbocycles. The van der Waals surface area contributed by atoms with Crippen molar-refractivity contribution in [3.05, 3.63) is 34.9 Å². The van der Waals surface area contributed by atoms with Crippen molar-refractivity contribution < 1.29 is 19.4 Å². The van der Waals surface area contributed by atoms with Gasteiger partial charge in [0.25, 0.3) is 0 Å². The van der Waals surface area contributed by atoms with E-state index in [1.54, 1.807) is 18.2 Å². The zero-order valence-electron chi connectivity index (χ0n) is 12.6. The number of methoxy groups -OCH3 is 1. The van der Waals surface area contributed by atoms with Crippen LogP contribution in [0.25, 0.3) is 0 Å². The molecule has 0 spiro atoms. The second kappa shape index (κ2) is 8.22. The van der Waals surface area contributed by atoms with Crippen LogP contribution >= 0.6 is 11.6 Å². The highest BCUT2D eigenvalue weighted by Crippen LogP contribution is 2.38. The molecule has 0 aliphatic rings. The number of rotatable bonds is 8. The summed E-state index contributed by atoms with van der Waals surface area (Å²) in [5.74, 6) is 0. The van der Waals surface area contributed by atoms with Crippen LogP contribution in [-0.4, -0.2) is 36.5 Å². The van der Waals surface area contributed by atoms with Crippen LogP contribution in [0.5, 0.6) is 0 Å². The van der Waals surface area contributed by atoms with Crippen LogP contribution in [0.3, 0.4) is 0 Å². The van der Waals surface area contributed by atoms with Gasteiger partial charge in [-0.1, -0.05) is 43.6 Å². The Balaban J connectivity index is 3.39. The van der Waals surface area contributed by atoms with Gasteiger partial charge in [0.05, 0.1) is 0 Å². The predicted molar refractivity (Wildman–Crippen MR) is 81.4 cm³/mol. The predicted octanol–water partition coefficient (Wildman–Crippen LogP) is 3.91. The number of amides is 1. The Morgan fingerprint density at radius 2 is 2.05 bits per heavy atom. The third kappa shape index (κ3) is 3.87. The Bertz CT molecular complexity index is 469. The summed E-state index contributed by atoms with van der Waals surface area (Å²) in [6.45, 7) is 4.11. The molecule has 1 aromatic rings. The van der Waals surface area contributed by atoms with Crippen molar-refractivity contribution in [1.29, 1.82) is 0 Å². The van der Waals surface area contributed by atoms with E-state index in [4.69, 9.17) is 21.1 Å². The number of nitrogens with zero attached hydrogens (tertiary/aromatic N) is 1. The maximum absolute atomic E-state index is 11.7. The molecule has 1 amide bonds. The highest BCUT2D eigenvalue weighted by molar-refractivity contribution is 6.31. The van der Waals surface area contributed by atoms with Gasteiger partial charge in [0.15, 0.2) is 5.72 Å². The molecule has 1 rings (SSSR count). The van der Waals surface area contributed by atoms with E-state index in [0.717, 1.165) is 0 Å². The molecule has 0 heterocycles. The number of hydrogen-bond donors (Lipinski definition) is 1. The maximum atomic E-state index is 11.7. The van der Waals surface area contributed by atoms with Gasteiger partial charge in [-0.05, 0) is 18.9 Å². The molecular formula is C15H22ClNO4. The van der Waals surface area contributed by atoms with Crippen molar-refractivity contribution in [2.75, 3.05) is 20.4 Å². The second-order valence-corrected chi connectivity index (χ2v) is 5.01. The Morgan fingerprint density at radius 3 is 2.52 bits per heavy atom. The monoisotopic (exact) mass is 315 g/mol. The van der Waals surface area contributed by atoms with Crippen LogP contribution < -0.4 is 0 Å². The highest BCUT2D eigenvalue weighted by atomic mass is 35.5. The Hall–Kier alpha value is -1.30. The quantitative estimate of drug-likeness (QED) is 0.739. The van der Waals surface area contributed by atoms with Crippen LogP contribution in [0.4, 0.5) is 4.79 Å². The molecule has 21 heavy (non-hydrogen) atoms. The van der Waals surface area contributed by atoms with E-state index >= 15 is 0 Å². The van der Waals surface area contributed by atoms with Crippen molar-refractivity contribution in [1.82, 2.24) is 4.90 Å². The summed E-state index contributed by atoms with van der Waals surface area (Å²) in [4.78, 5) is 13.0. The fourth-order valence-corrected chi connectivity index (χ4v) is 2.66. The first kappa shape index (κ1) is 17.8. The Kier molecular flexibility index (Phi) is 6.95. The molecule has 0 fully saturated rings. The number of halogens is 1. The molecule has 5 nitrogen and oxygen atoms in total. The van der Waals surface area contributed by atoms with Gasteiger partial charge in [-0.15, -0.1) is 0 Å². The van der Waals surface area contributed by atoms with Crippen LogP contribution in [-0.2, 0) is 15.2 Å². The number of ether oxygens (including phenoxy) is 2. The molecule has 0 unspecified atom stereocenters. The van der Waals surface area contributed by atoms with E-state index in [0.29, 0.717) is 30.0 Å². The van der Waals surface area contributed by atoms with Gasteiger partial charge in [0, 0.05) is 24.2 Å². The molecule has 1 aromatic carbocycles. The lowest BCUT2D eigenvalue weighted by atomic mass is 9.97. The molecule has 118 valence electrons. The van der Waals surface area contributed by atoms with E-state index in [2.05, 4.69) is 0 Å². The van der Waals surface area contributed by atoms with Crippen molar-refractivity contribution in [3.63, 3.8) is 0 Å². The van der Waals surface area contributed by atoms with Gasteiger partial charge in [-0.2, -0.15) is 0 Å². The molecule has 0 aromatic heterocycles. The summed E-state index contributed by atoms with van der Waals surface area (Å²) in [5.41, 5.74) is -0.530. The summed E-state index contributed by atoms with van der Waals surface area (Å²) >= 11 is 6.27. The van der Waals surface area contributed by atoms with Crippen molar-refractivity contribution in [2.24, 2.45) is 0 Å². The lowest BCUT2D eigenvalue weighted by Gasteiger charge is -2.42. The van der Waals surface area contributed by atoms with E-state index in [1.165, 1.54) is 12.0 Å². The Morgan fingerprint density at radius 1 is 1.38 bits per heavy atom. The van der Waals surface area contributed by atoms with Crippen molar-refractivity contribution in [3.8, 4) is 0 Å². The van der Waals surface area contributed by atoms with Crippen molar-refractivity contribution >= 4 is 17.7 Å². The fraction of sp³-hybridized carbons (Fsp3) is 0.533. The minimum absolute atomic E-state index is 0.0213. The summed E-state index contributed by atoms with van der Waals surface area (Å²) in [5, 5.41) is 10.1. The minimum atomic E-state index is -1.16. The molecule has 0 saturated heterocycles. The van der Waals surface area contributed by atoms with E-state index in [9.17, 15) is 9.90 Å². The number of carbonyl (C=O) groups is 1. The zero-order chi connectivity index (χ0) is 15.9. The van der Waals surface area contributed by atoms with Gasteiger partial charge < -0.3 is 14.6 Å². The fourth-order valence-electron chi connectivity index (χ4n) is 2.37. The molecule has 0 saturated carbocycles. The summed E-state index contributed by atoms with van der Waals surface area (Å²) in [6.07, 6.45) is 0.0519. The number of hydrogen-bond acceptors (Lipinski definition) is 3. The number of carboxylic acid groups (broad SMARTS) is 1. The maximum Gasteiger partial charge on any atom is 0.409 e. The summed E-state index contributed by atoms with van der Waals surface area (Å²) < 4.78 is 10.8. The molecule has 0 bridgehead atoms. The van der Waals surface area contributed by atoms with Gasteiger partial charge in [-0.3, -0.25) is 4.90 Å². The normalized spacial score (nSPS) is 13.7. The van der Waals surface area contributed by atoms with E-state index in [-0.39, 0.29) is 6.79 Å². The summed E-state index contributed by atoms with van der Waals surface area (Å²) in [7, 11) is 1.50. The molecule has 0 radical (unpaired) electrons. The molecule has 1 N–H and O–H groups in total. The molecule has 6 heteroatoms. The lowest BCUT2D eigenvalue weighted by molar-refractivity contribution is -0.202. The van der Waals surface area contributed by atoms with Crippen LogP contribution in [0.1, 0.15) is 32.3 Å². The lowest BCUT2D eigenvalue weighted by Crippen LogP contribution is -2.51. The average molecular weight is 316 g/mol. The van der Waals surface area contributed by atoms with Gasteiger partial charge >= 0.3 is 6.09 Å². The topological polar surface area (TPSA) is 59.0 Å². The third-order valence-corrected chi connectivity index (χ3v) is 3.63. The van der Waals surface area contributed by atoms with Gasteiger partial charge in [-0.25, -0.2) is 4.79 Å². The second-order valence-electron chi connectivity index (χ2n) is 4.60. The zero-order valence-corrected chi connectivity index (χ0v) is 13.4. The van der Waals surface area contributed by atoms with Gasteiger partial charge in [0.1, 0.15) is 6.79 Å². The van der Waals surface area contributed by atoms with Crippen LogP contribution in [0, 0.1) is 0 Å².